The van der Waals surface area contributed by atoms with Crippen molar-refractivity contribution in [1.82, 2.24) is 5.16 Å². The lowest BCUT2D eigenvalue weighted by Crippen LogP contribution is -2.18. The third kappa shape index (κ3) is 2.26. The van der Waals surface area contributed by atoms with Crippen LogP contribution in [0.3, 0.4) is 0 Å². The molecule has 66 valence electrons. The topological polar surface area (TPSA) is 52.3 Å². The molecule has 1 aromatic heterocycles. The van der Waals surface area contributed by atoms with Crippen molar-refractivity contribution in [3.63, 3.8) is 0 Å². The molecule has 0 amide bonds. The monoisotopic (exact) mass is 181 g/mol. The Balaban J connectivity index is 2.63. The second kappa shape index (κ2) is 2.84. The Morgan fingerprint density at radius 1 is 1.58 bits per heavy atom. The van der Waals surface area contributed by atoms with E-state index in [1.165, 1.54) is 0 Å². The van der Waals surface area contributed by atoms with Gasteiger partial charge in [-0.25, -0.2) is 4.79 Å². The van der Waals surface area contributed by atoms with E-state index in [4.69, 9.17) is 0 Å². The minimum absolute atomic E-state index is 0.382. The van der Waals surface area contributed by atoms with Crippen LogP contribution >= 0.6 is 0 Å². The minimum atomic E-state index is -4.98. The van der Waals surface area contributed by atoms with Gasteiger partial charge in [0.15, 0.2) is 0 Å². The van der Waals surface area contributed by atoms with Crippen LogP contribution in [0.4, 0.5) is 13.2 Å². The number of aromatic nitrogens is 1. The van der Waals surface area contributed by atoms with Crippen molar-refractivity contribution in [2.24, 2.45) is 0 Å². The second-order valence-electron chi connectivity index (χ2n) is 1.75. The number of nitrogens with zero attached hydrogens (tertiary/aromatic N) is 1. The van der Waals surface area contributed by atoms with Gasteiger partial charge in [-0.3, -0.25) is 0 Å². The maximum Gasteiger partial charge on any atom is 0.575 e. The number of carbonyl (C=O) groups is 1. The first-order valence-corrected chi connectivity index (χ1v) is 2.68. The highest BCUT2D eigenvalue weighted by molar-refractivity contribution is 5.88. The molecule has 0 spiro atoms. The van der Waals surface area contributed by atoms with Gasteiger partial charge in [0.1, 0.15) is 11.8 Å². The van der Waals surface area contributed by atoms with Crippen LogP contribution in [0.1, 0.15) is 10.4 Å². The zero-order chi connectivity index (χ0) is 9.19. The Hall–Kier alpha value is -1.53. The number of esters is 1. The van der Waals surface area contributed by atoms with Crippen LogP contribution < -0.4 is 0 Å². The number of hydrogen-bond donors (Lipinski definition) is 0. The van der Waals surface area contributed by atoms with Crippen molar-refractivity contribution in [2.75, 3.05) is 0 Å². The Morgan fingerprint density at radius 2 is 2.25 bits per heavy atom. The van der Waals surface area contributed by atoms with Gasteiger partial charge in [0.2, 0.25) is 0 Å². The van der Waals surface area contributed by atoms with Crippen LogP contribution in [0.25, 0.3) is 0 Å². The lowest BCUT2D eigenvalue weighted by atomic mass is 10.4. The first-order valence-electron chi connectivity index (χ1n) is 2.68. The molecular formula is C5H2F3NO3. The zero-order valence-electron chi connectivity index (χ0n) is 5.46. The van der Waals surface area contributed by atoms with Crippen LogP contribution in [-0.2, 0) is 4.74 Å². The van der Waals surface area contributed by atoms with Crippen molar-refractivity contribution in [3.8, 4) is 0 Å². The third-order valence-corrected chi connectivity index (χ3v) is 0.876. The standard InChI is InChI=1S/C5H2F3NO3/c6-5(7,8)12-4(10)3-1-9-11-2-3/h1-2H. The van der Waals surface area contributed by atoms with Gasteiger partial charge in [0.05, 0.1) is 6.20 Å². The van der Waals surface area contributed by atoms with Gasteiger partial charge in [-0.05, 0) is 0 Å². The first-order chi connectivity index (χ1) is 5.49. The molecular weight excluding hydrogens is 179 g/mol. The zero-order valence-corrected chi connectivity index (χ0v) is 5.46. The molecule has 0 radical (unpaired) electrons. The molecule has 0 aliphatic carbocycles. The lowest BCUT2D eigenvalue weighted by molar-refractivity contribution is -0.291. The second-order valence-corrected chi connectivity index (χ2v) is 1.75. The van der Waals surface area contributed by atoms with Gasteiger partial charge < -0.3 is 9.26 Å². The molecule has 1 aromatic rings. The van der Waals surface area contributed by atoms with E-state index in [1.54, 1.807) is 0 Å². The summed E-state index contributed by atoms with van der Waals surface area (Å²) in [6.07, 6.45) is -3.39. The Kier molecular flexibility index (Phi) is 2.03. The predicted molar refractivity (Wildman–Crippen MR) is 28.0 cm³/mol. The molecule has 4 nitrogen and oxygen atoms in total. The smallest absolute Gasteiger partial charge is 0.369 e. The van der Waals surface area contributed by atoms with Crippen molar-refractivity contribution in [2.45, 2.75) is 6.36 Å². The average Bonchev–Trinajstić information content (AvgIpc) is 2.32. The molecule has 0 N–H and O–H groups in total. The molecule has 12 heavy (non-hydrogen) atoms. The molecule has 1 heterocycles. The molecule has 0 bridgehead atoms. The van der Waals surface area contributed by atoms with E-state index in [2.05, 4.69) is 14.4 Å². The van der Waals surface area contributed by atoms with Crippen molar-refractivity contribution >= 4 is 5.97 Å². The van der Waals surface area contributed by atoms with Crippen molar-refractivity contribution in [1.29, 1.82) is 0 Å². The molecule has 0 unspecified atom stereocenters. The summed E-state index contributed by atoms with van der Waals surface area (Å²) < 4.78 is 41.4. The molecule has 0 atom stereocenters. The van der Waals surface area contributed by atoms with Gasteiger partial charge >= 0.3 is 12.3 Å². The van der Waals surface area contributed by atoms with E-state index in [0.717, 1.165) is 12.5 Å². The molecule has 0 aliphatic heterocycles. The lowest BCUT2D eigenvalue weighted by Gasteiger charge is -2.04. The summed E-state index contributed by atoms with van der Waals surface area (Å²) >= 11 is 0. The van der Waals surface area contributed by atoms with Crippen molar-refractivity contribution in [3.05, 3.63) is 18.0 Å². The predicted octanol–water partition coefficient (Wildman–Crippen LogP) is 1.35. The summed E-state index contributed by atoms with van der Waals surface area (Å²) in [7, 11) is 0. The van der Waals surface area contributed by atoms with Gasteiger partial charge in [-0.1, -0.05) is 5.16 Å². The summed E-state index contributed by atoms with van der Waals surface area (Å²) in [6, 6.07) is 0. The molecule has 0 aromatic carbocycles. The normalized spacial score (nSPS) is 11.2. The van der Waals surface area contributed by atoms with Gasteiger partial charge in [0, 0.05) is 0 Å². The highest BCUT2D eigenvalue weighted by Crippen LogP contribution is 2.18. The largest absolute Gasteiger partial charge is 0.575 e. The van der Waals surface area contributed by atoms with Crippen molar-refractivity contribution < 1.29 is 27.2 Å². The average molecular weight is 181 g/mol. The number of hydrogen-bond acceptors (Lipinski definition) is 4. The molecule has 0 fully saturated rings. The third-order valence-electron chi connectivity index (χ3n) is 0.876. The van der Waals surface area contributed by atoms with E-state index in [1.807, 2.05) is 0 Å². The van der Waals surface area contributed by atoms with E-state index in [9.17, 15) is 18.0 Å². The van der Waals surface area contributed by atoms with Crippen LogP contribution in [0.15, 0.2) is 17.0 Å². The molecule has 7 heteroatoms. The summed E-state index contributed by atoms with van der Waals surface area (Å²) in [5.74, 6) is -1.54. The first kappa shape index (κ1) is 8.57. The van der Waals surface area contributed by atoms with Gasteiger partial charge in [-0.2, -0.15) is 0 Å². The summed E-state index contributed by atoms with van der Waals surface area (Å²) in [6.45, 7) is 0. The quantitative estimate of drug-likeness (QED) is 0.613. The maximum absolute atomic E-state index is 11.4. The number of rotatable bonds is 1. The SMILES string of the molecule is O=C(OC(F)(F)F)c1cnoc1. The van der Waals surface area contributed by atoms with Gasteiger partial charge in [-0.15, -0.1) is 13.2 Å². The number of alkyl halides is 3. The molecule has 0 saturated heterocycles. The number of ether oxygens (including phenoxy) is 1. The van der Waals surface area contributed by atoms with Gasteiger partial charge in [0.25, 0.3) is 0 Å². The fraction of sp³-hybridized carbons (Fsp3) is 0.200. The fourth-order valence-electron chi connectivity index (χ4n) is 0.470. The van der Waals surface area contributed by atoms with Crippen LogP contribution in [-0.4, -0.2) is 17.5 Å². The highest BCUT2D eigenvalue weighted by Gasteiger charge is 2.34. The van der Waals surface area contributed by atoms with E-state index in [-0.39, 0.29) is 5.56 Å². The van der Waals surface area contributed by atoms with Crippen LogP contribution in [0, 0.1) is 0 Å². The molecule has 0 aliphatic rings. The van der Waals surface area contributed by atoms with E-state index >= 15 is 0 Å². The van der Waals surface area contributed by atoms with E-state index in [0.29, 0.717) is 0 Å². The molecule has 1 rings (SSSR count). The van der Waals surface area contributed by atoms with Crippen LogP contribution in [0.2, 0.25) is 0 Å². The number of halogens is 3. The Morgan fingerprint density at radius 3 is 2.67 bits per heavy atom. The fourth-order valence-corrected chi connectivity index (χ4v) is 0.470. The molecule has 0 saturated carbocycles. The van der Waals surface area contributed by atoms with Crippen LogP contribution in [0.5, 0.6) is 0 Å². The highest BCUT2D eigenvalue weighted by atomic mass is 19.4. The Bertz CT molecular complexity index is 266. The Labute approximate surface area is 63.9 Å². The number of carbonyl (C=O) groups excluding carboxylic acids is 1. The summed E-state index contributed by atoms with van der Waals surface area (Å²) in [5, 5.41) is 3.03. The minimum Gasteiger partial charge on any atom is -0.369 e. The summed E-state index contributed by atoms with van der Waals surface area (Å²) in [5.41, 5.74) is -0.382. The summed E-state index contributed by atoms with van der Waals surface area (Å²) in [4.78, 5) is 10.5. The maximum atomic E-state index is 11.4. The van der Waals surface area contributed by atoms with E-state index < -0.39 is 12.3 Å².